The molecule has 0 aliphatic carbocycles. The van der Waals surface area contributed by atoms with Crippen molar-refractivity contribution in [1.29, 1.82) is 0 Å². The molecular formula is C13H8BrCl2FO. The van der Waals surface area contributed by atoms with E-state index in [0.717, 1.165) is 0 Å². The molecule has 5 heteroatoms. The fourth-order valence-corrected chi connectivity index (χ4v) is 2.35. The molecule has 0 amide bonds. The maximum Gasteiger partial charge on any atom is 0.166 e. The van der Waals surface area contributed by atoms with Crippen molar-refractivity contribution in [2.75, 3.05) is 0 Å². The zero-order chi connectivity index (χ0) is 13.1. The molecular weight excluding hydrogens is 342 g/mol. The summed E-state index contributed by atoms with van der Waals surface area (Å²) in [5, 5.41) is 0.500. The summed E-state index contributed by atoms with van der Waals surface area (Å²) >= 11 is 15.0. The molecule has 0 aromatic heterocycles. The van der Waals surface area contributed by atoms with Gasteiger partial charge in [0.1, 0.15) is 5.75 Å². The molecule has 0 saturated heterocycles. The van der Waals surface area contributed by atoms with E-state index in [0.29, 0.717) is 20.8 Å². The first-order valence-electron chi connectivity index (χ1n) is 5.08. The first-order chi connectivity index (χ1) is 8.61. The molecule has 0 atom stereocenters. The van der Waals surface area contributed by atoms with Crippen molar-refractivity contribution in [1.82, 2.24) is 0 Å². The van der Waals surface area contributed by atoms with Crippen molar-refractivity contribution in [3.63, 3.8) is 0 Å². The summed E-state index contributed by atoms with van der Waals surface area (Å²) in [7, 11) is 0. The van der Waals surface area contributed by atoms with Crippen LogP contribution in [0.1, 0.15) is 5.56 Å². The van der Waals surface area contributed by atoms with E-state index < -0.39 is 5.82 Å². The second-order valence-electron chi connectivity index (χ2n) is 3.53. The van der Waals surface area contributed by atoms with Crippen LogP contribution in [0.5, 0.6) is 11.5 Å². The van der Waals surface area contributed by atoms with Gasteiger partial charge in [0, 0.05) is 15.1 Å². The Labute approximate surface area is 123 Å². The topological polar surface area (TPSA) is 9.23 Å². The molecule has 0 radical (unpaired) electrons. The Hall–Kier alpha value is -0.770. The van der Waals surface area contributed by atoms with Crippen LogP contribution in [0.2, 0.25) is 5.02 Å². The third-order valence-corrected chi connectivity index (χ3v) is 3.44. The van der Waals surface area contributed by atoms with Crippen molar-refractivity contribution < 1.29 is 9.13 Å². The third-order valence-electron chi connectivity index (χ3n) is 2.32. The molecule has 0 N–H and O–H groups in total. The van der Waals surface area contributed by atoms with E-state index in [1.54, 1.807) is 30.3 Å². The minimum Gasteiger partial charge on any atom is -0.454 e. The predicted octanol–water partition coefficient (Wildman–Crippen LogP) is 5.77. The standard InChI is InChI=1S/C13H8BrCl2FO/c14-8-4-5-13(11(17)6-8)18-12-3-1-2-10(16)9(12)7-15/h1-6H,7H2. The molecule has 2 aromatic carbocycles. The number of hydrogen-bond donors (Lipinski definition) is 0. The van der Waals surface area contributed by atoms with Gasteiger partial charge in [-0.1, -0.05) is 33.6 Å². The number of rotatable bonds is 3. The number of ether oxygens (including phenoxy) is 1. The fraction of sp³-hybridized carbons (Fsp3) is 0.0769. The first kappa shape index (κ1) is 13.7. The summed E-state index contributed by atoms with van der Waals surface area (Å²) in [5.74, 6) is 0.336. The summed E-state index contributed by atoms with van der Waals surface area (Å²) in [6, 6.07) is 9.71. The molecule has 0 spiro atoms. The van der Waals surface area contributed by atoms with Crippen molar-refractivity contribution in [3.8, 4) is 11.5 Å². The van der Waals surface area contributed by atoms with Gasteiger partial charge in [-0.3, -0.25) is 0 Å². The lowest BCUT2D eigenvalue weighted by molar-refractivity contribution is 0.439. The summed E-state index contributed by atoms with van der Waals surface area (Å²) in [6.07, 6.45) is 0. The van der Waals surface area contributed by atoms with E-state index in [-0.39, 0.29) is 11.6 Å². The van der Waals surface area contributed by atoms with Crippen LogP contribution in [0.4, 0.5) is 4.39 Å². The quantitative estimate of drug-likeness (QED) is 0.639. The van der Waals surface area contributed by atoms with Gasteiger partial charge in [0.05, 0.1) is 5.88 Å². The summed E-state index contributed by atoms with van der Waals surface area (Å²) in [4.78, 5) is 0. The van der Waals surface area contributed by atoms with E-state index in [1.165, 1.54) is 6.07 Å². The summed E-state index contributed by atoms with van der Waals surface area (Å²) < 4.78 is 19.8. The van der Waals surface area contributed by atoms with Gasteiger partial charge >= 0.3 is 0 Å². The zero-order valence-electron chi connectivity index (χ0n) is 9.09. The molecule has 94 valence electrons. The molecule has 2 rings (SSSR count). The zero-order valence-corrected chi connectivity index (χ0v) is 12.2. The minimum absolute atomic E-state index is 0.131. The highest BCUT2D eigenvalue weighted by atomic mass is 79.9. The van der Waals surface area contributed by atoms with Crippen molar-refractivity contribution in [2.24, 2.45) is 0 Å². The average molecular weight is 350 g/mol. The van der Waals surface area contributed by atoms with Gasteiger partial charge in [-0.15, -0.1) is 11.6 Å². The Morgan fingerprint density at radius 3 is 2.61 bits per heavy atom. The lowest BCUT2D eigenvalue weighted by atomic mass is 10.2. The van der Waals surface area contributed by atoms with Crippen molar-refractivity contribution in [3.05, 3.63) is 57.3 Å². The maximum atomic E-state index is 13.7. The normalized spacial score (nSPS) is 10.4. The second-order valence-corrected chi connectivity index (χ2v) is 5.12. The molecule has 0 heterocycles. The highest BCUT2D eigenvalue weighted by Gasteiger charge is 2.11. The Morgan fingerprint density at radius 1 is 1.17 bits per heavy atom. The van der Waals surface area contributed by atoms with E-state index in [2.05, 4.69) is 15.9 Å². The van der Waals surface area contributed by atoms with Crippen LogP contribution in [0.3, 0.4) is 0 Å². The van der Waals surface area contributed by atoms with Crippen molar-refractivity contribution >= 4 is 39.1 Å². The van der Waals surface area contributed by atoms with Crippen LogP contribution >= 0.6 is 39.1 Å². The van der Waals surface area contributed by atoms with Gasteiger partial charge in [0.2, 0.25) is 0 Å². The highest BCUT2D eigenvalue weighted by Crippen LogP contribution is 2.33. The summed E-state index contributed by atoms with van der Waals surface area (Å²) in [6.45, 7) is 0. The largest absolute Gasteiger partial charge is 0.454 e. The van der Waals surface area contributed by atoms with Crippen LogP contribution in [0.15, 0.2) is 40.9 Å². The Kier molecular flexibility index (Phi) is 4.49. The Balaban J connectivity index is 2.37. The smallest absolute Gasteiger partial charge is 0.166 e. The predicted molar refractivity (Wildman–Crippen MR) is 75.2 cm³/mol. The van der Waals surface area contributed by atoms with Gasteiger partial charge < -0.3 is 4.74 Å². The van der Waals surface area contributed by atoms with E-state index in [9.17, 15) is 4.39 Å². The van der Waals surface area contributed by atoms with Crippen LogP contribution in [-0.4, -0.2) is 0 Å². The molecule has 0 unspecified atom stereocenters. The lowest BCUT2D eigenvalue weighted by Crippen LogP contribution is -1.92. The maximum absolute atomic E-state index is 13.7. The number of alkyl halides is 1. The molecule has 18 heavy (non-hydrogen) atoms. The number of halogens is 4. The molecule has 0 saturated carbocycles. The molecule has 0 fully saturated rings. The van der Waals surface area contributed by atoms with Gasteiger partial charge in [-0.2, -0.15) is 0 Å². The fourth-order valence-electron chi connectivity index (χ4n) is 1.44. The van der Waals surface area contributed by atoms with Crippen LogP contribution in [0, 0.1) is 5.82 Å². The summed E-state index contributed by atoms with van der Waals surface area (Å²) in [5.41, 5.74) is 0.642. The average Bonchev–Trinajstić information content (AvgIpc) is 2.33. The SMILES string of the molecule is Fc1cc(Br)ccc1Oc1cccc(Cl)c1CCl. The van der Waals surface area contributed by atoms with E-state index in [4.69, 9.17) is 27.9 Å². The number of benzene rings is 2. The Bertz CT molecular complexity index is 575. The molecule has 1 nitrogen and oxygen atoms in total. The lowest BCUT2D eigenvalue weighted by Gasteiger charge is -2.11. The van der Waals surface area contributed by atoms with Gasteiger partial charge in [0.25, 0.3) is 0 Å². The van der Waals surface area contributed by atoms with Crippen molar-refractivity contribution in [2.45, 2.75) is 5.88 Å². The molecule has 0 aliphatic rings. The molecule has 2 aromatic rings. The number of hydrogen-bond acceptors (Lipinski definition) is 1. The van der Waals surface area contributed by atoms with Gasteiger partial charge in [-0.25, -0.2) is 4.39 Å². The van der Waals surface area contributed by atoms with Crippen LogP contribution < -0.4 is 4.74 Å². The van der Waals surface area contributed by atoms with Crippen LogP contribution in [0.25, 0.3) is 0 Å². The van der Waals surface area contributed by atoms with E-state index >= 15 is 0 Å². The monoisotopic (exact) mass is 348 g/mol. The molecule has 0 bridgehead atoms. The Morgan fingerprint density at radius 2 is 1.94 bits per heavy atom. The van der Waals surface area contributed by atoms with Gasteiger partial charge in [0.15, 0.2) is 11.6 Å². The minimum atomic E-state index is -0.454. The highest BCUT2D eigenvalue weighted by molar-refractivity contribution is 9.10. The van der Waals surface area contributed by atoms with Crippen LogP contribution in [-0.2, 0) is 5.88 Å². The first-order valence-corrected chi connectivity index (χ1v) is 6.78. The second kappa shape index (κ2) is 5.91. The molecule has 0 aliphatic heterocycles. The van der Waals surface area contributed by atoms with Gasteiger partial charge in [-0.05, 0) is 30.3 Å². The van der Waals surface area contributed by atoms with E-state index in [1.807, 2.05) is 0 Å². The third kappa shape index (κ3) is 2.97.